The number of anilines is 1. The number of benzene rings is 4. The van der Waals surface area contributed by atoms with Crippen molar-refractivity contribution in [1.29, 1.82) is 0 Å². The molecule has 208 valence electrons. The standard InChI is InChI=1S/C36H30N2O4/c39-33-29-23-13-14-24-30(29)34(40)37(27-19-9-3-10-20-27)36(33)38(28-21-11-4-12-22-28)35(41)31(25-15-5-1-6-16-25)32(42-36)26-17-7-2-8-18-26/h1-3,5-10,13-20,23-24,28H,4,11-12,21-22H2. The number of amides is 2. The van der Waals surface area contributed by atoms with E-state index in [2.05, 4.69) is 0 Å². The van der Waals surface area contributed by atoms with Crippen LogP contribution in [0.15, 0.2) is 115 Å². The van der Waals surface area contributed by atoms with E-state index in [0.717, 1.165) is 19.3 Å². The van der Waals surface area contributed by atoms with Gasteiger partial charge in [0.25, 0.3) is 17.6 Å². The zero-order valence-corrected chi connectivity index (χ0v) is 23.1. The first-order valence-electron chi connectivity index (χ1n) is 14.5. The quantitative estimate of drug-likeness (QED) is 0.274. The van der Waals surface area contributed by atoms with Crippen LogP contribution in [0.25, 0.3) is 11.3 Å². The van der Waals surface area contributed by atoms with Crippen LogP contribution in [0.1, 0.15) is 63.9 Å². The summed E-state index contributed by atoms with van der Waals surface area (Å²) in [6.45, 7) is 0. The number of rotatable bonds is 4. The fraction of sp³-hybridized carbons (Fsp3) is 0.194. The van der Waals surface area contributed by atoms with Crippen molar-refractivity contribution < 1.29 is 19.1 Å². The number of hydrogen-bond acceptors (Lipinski definition) is 4. The van der Waals surface area contributed by atoms with Crippen molar-refractivity contribution in [2.45, 2.75) is 44.0 Å². The van der Waals surface area contributed by atoms with Gasteiger partial charge in [0.05, 0.1) is 16.8 Å². The van der Waals surface area contributed by atoms with Gasteiger partial charge < -0.3 is 4.74 Å². The molecule has 0 bridgehead atoms. The minimum Gasteiger partial charge on any atom is -0.441 e. The predicted octanol–water partition coefficient (Wildman–Crippen LogP) is 6.94. The maximum Gasteiger partial charge on any atom is 0.340 e. The molecule has 0 N–H and O–H groups in total. The van der Waals surface area contributed by atoms with E-state index in [1.54, 1.807) is 41.3 Å². The van der Waals surface area contributed by atoms with E-state index in [0.29, 0.717) is 35.2 Å². The Hall–Kier alpha value is -4.97. The van der Waals surface area contributed by atoms with Gasteiger partial charge in [0.1, 0.15) is 5.76 Å². The Balaban J connectivity index is 1.57. The van der Waals surface area contributed by atoms with Crippen molar-refractivity contribution in [2.75, 3.05) is 4.90 Å². The third kappa shape index (κ3) is 3.97. The number of carbonyl (C=O) groups excluding carboxylic acids is 3. The number of ether oxygens (including phenoxy) is 1. The lowest BCUT2D eigenvalue weighted by atomic mass is 9.85. The Kier molecular flexibility index (Phi) is 6.46. The van der Waals surface area contributed by atoms with E-state index >= 15 is 9.59 Å². The van der Waals surface area contributed by atoms with Crippen LogP contribution in [0.3, 0.4) is 0 Å². The highest BCUT2D eigenvalue weighted by molar-refractivity contribution is 6.31. The first kappa shape index (κ1) is 26.0. The van der Waals surface area contributed by atoms with E-state index in [1.807, 2.05) is 78.9 Å². The summed E-state index contributed by atoms with van der Waals surface area (Å²) in [7, 11) is 0. The van der Waals surface area contributed by atoms with Crippen molar-refractivity contribution in [2.24, 2.45) is 0 Å². The molecule has 4 aromatic carbocycles. The predicted molar refractivity (Wildman–Crippen MR) is 161 cm³/mol. The minimum absolute atomic E-state index is 0.249. The van der Waals surface area contributed by atoms with Gasteiger partial charge in [-0.1, -0.05) is 116 Å². The van der Waals surface area contributed by atoms with Crippen LogP contribution in [0.4, 0.5) is 5.69 Å². The number of ketones is 1. The molecule has 6 nitrogen and oxygen atoms in total. The molecule has 2 heterocycles. The minimum atomic E-state index is -2.05. The molecule has 6 heteroatoms. The normalized spacial score (nSPS) is 21.0. The van der Waals surface area contributed by atoms with Crippen LogP contribution >= 0.6 is 0 Å². The molecular formula is C36H30N2O4. The number of nitrogens with zero attached hydrogens (tertiary/aromatic N) is 2. The van der Waals surface area contributed by atoms with Crippen LogP contribution < -0.4 is 4.90 Å². The summed E-state index contributed by atoms with van der Waals surface area (Å²) in [5, 5.41) is 0. The topological polar surface area (TPSA) is 66.9 Å². The van der Waals surface area contributed by atoms with E-state index in [4.69, 9.17) is 4.74 Å². The van der Waals surface area contributed by atoms with Gasteiger partial charge in [0, 0.05) is 17.2 Å². The van der Waals surface area contributed by atoms with Gasteiger partial charge in [-0.3, -0.25) is 19.3 Å². The molecule has 1 saturated carbocycles. The largest absolute Gasteiger partial charge is 0.441 e. The SMILES string of the molecule is O=C1c2ccccc2C(=O)C2(OC(c3ccccc3)=C(c3ccccc3)C(=O)N2C2CCCCC2)N1c1ccccc1. The summed E-state index contributed by atoms with van der Waals surface area (Å²) in [4.78, 5) is 47.6. The summed E-state index contributed by atoms with van der Waals surface area (Å²) < 4.78 is 7.05. The molecule has 7 rings (SSSR count). The Morgan fingerprint density at radius 3 is 1.79 bits per heavy atom. The van der Waals surface area contributed by atoms with E-state index in [1.165, 1.54) is 4.90 Å². The molecule has 0 saturated heterocycles. The molecule has 3 aliphatic rings. The van der Waals surface area contributed by atoms with Crippen molar-refractivity contribution in [1.82, 2.24) is 4.90 Å². The summed E-state index contributed by atoms with van der Waals surface area (Å²) in [5.74, 6) is -2.91. The van der Waals surface area contributed by atoms with E-state index in [9.17, 15) is 4.79 Å². The summed E-state index contributed by atoms with van der Waals surface area (Å²) in [6.07, 6.45) is 4.33. The Labute approximate surface area is 244 Å². The molecule has 2 aliphatic heterocycles. The van der Waals surface area contributed by atoms with Crippen molar-refractivity contribution in [3.05, 3.63) is 138 Å². The zero-order chi connectivity index (χ0) is 28.7. The molecule has 4 aromatic rings. The van der Waals surface area contributed by atoms with Gasteiger partial charge in [-0.15, -0.1) is 0 Å². The molecule has 1 atom stereocenters. The van der Waals surface area contributed by atoms with Gasteiger partial charge in [0.15, 0.2) is 0 Å². The fourth-order valence-corrected chi connectivity index (χ4v) is 6.58. The number of para-hydroxylation sites is 1. The van der Waals surface area contributed by atoms with Crippen LogP contribution in [0, 0.1) is 0 Å². The zero-order valence-electron chi connectivity index (χ0n) is 23.1. The Bertz CT molecular complexity index is 1690. The maximum absolute atomic E-state index is 15.1. The van der Waals surface area contributed by atoms with E-state index in [-0.39, 0.29) is 34.7 Å². The highest BCUT2D eigenvalue weighted by atomic mass is 16.6. The molecule has 42 heavy (non-hydrogen) atoms. The molecule has 1 spiro atoms. The highest BCUT2D eigenvalue weighted by Crippen LogP contribution is 2.49. The first-order chi connectivity index (χ1) is 20.6. The van der Waals surface area contributed by atoms with Gasteiger partial charge in [-0.2, -0.15) is 0 Å². The second kappa shape index (κ2) is 10.5. The van der Waals surface area contributed by atoms with Crippen LogP contribution in [-0.2, 0) is 9.53 Å². The fourth-order valence-electron chi connectivity index (χ4n) is 6.58. The number of Topliss-reactive ketones (excluding diaryl/α,β-unsaturated/α-hetero) is 1. The average molecular weight is 555 g/mol. The number of fused-ring (bicyclic) bond motifs is 1. The average Bonchev–Trinajstić information content (AvgIpc) is 3.05. The maximum atomic E-state index is 15.1. The van der Waals surface area contributed by atoms with Gasteiger partial charge in [-0.25, -0.2) is 4.90 Å². The molecule has 0 radical (unpaired) electrons. The Morgan fingerprint density at radius 1 is 0.595 bits per heavy atom. The molecule has 2 amide bonds. The monoisotopic (exact) mass is 554 g/mol. The van der Waals surface area contributed by atoms with Gasteiger partial charge >= 0.3 is 5.85 Å². The second-order valence-corrected chi connectivity index (χ2v) is 11.0. The van der Waals surface area contributed by atoms with Gasteiger partial charge in [-0.05, 0) is 36.6 Å². The number of hydrogen-bond donors (Lipinski definition) is 0. The smallest absolute Gasteiger partial charge is 0.340 e. The lowest BCUT2D eigenvalue weighted by Gasteiger charge is -2.55. The summed E-state index contributed by atoms with van der Waals surface area (Å²) >= 11 is 0. The van der Waals surface area contributed by atoms with Crippen molar-refractivity contribution >= 4 is 34.6 Å². The lowest BCUT2D eigenvalue weighted by Crippen LogP contribution is -2.75. The van der Waals surface area contributed by atoms with Crippen LogP contribution in [0.2, 0.25) is 0 Å². The molecule has 1 unspecified atom stereocenters. The van der Waals surface area contributed by atoms with E-state index < -0.39 is 11.6 Å². The molecule has 1 aliphatic carbocycles. The lowest BCUT2D eigenvalue weighted by molar-refractivity contribution is -0.155. The second-order valence-electron chi connectivity index (χ2n) is 11.0. The molecular weight excluding hydrogens is 524 g/mol. The molecule has 1 fully saturated rings. The van der Waals surface area contributed by atoms with Crippen molar-refractivity contribution in [3.8, 4) is 0 Å². The summed E-state index contributed by atoms with van der Waals surface area (Å²) in [6, 6.07) is 34.4. The van der Waals surface area contributed by atoms with Crippen LogP contribution in [-0.4, -0.2) is 34.4 Å². The first-order valence-corrected chi connectivity index (χ1v) is 14.5. The Morgan fingerprint density at radius 2 is 1.14 bits per heavy atom. The third-order valence-corrected chi connectivity index (χ3v) is 8.49. The molecule has 0 aromatic heterocycles. The third-order valence-electron chi connectivity index (χ3n) is 8.49. The van der Waals surface area contributed by atoms with Crippen LogP contribution in [0.5, 0.6) is 0 Å². The summed E-state index contributed by atoms with van der Waals surface area (Å²) in [5.41, 5.74) is 2.74. The highest BCUT2D eigenvalue weighted by Gasteiger charge is 2.64. The van der Waals surface area contributed by atoms with Crippen molar-refractivity contribution in [3.63, 3.8) is 0 Å². The van der Waals surface area contributed by atoms with Gasteiger partial charge in [0.2, 0.25) is 0 Å². The number of carbonyl (C=O) groups is 3.